The van der Waals surface area contributed by atoms with Crippen molar-refractivity contribution in [3.63, 3.8) is 0 Å². The van der Waals surface area contributed by atoms with E-state index in [0.29, 0.717) is 5.15 Å². The highest BCUT2D eigenvalue weighted by molar-refractivity contribution is 6.29. The molecule has 7 heteroatoms. The van der Waals surface area contributed by atoms with Gasteiger partial charge in [0.05, 0.1) is 0 Å². The predicted octanol–water partition coefficient (Wildman–Crippen LogP) is -0.281. The minimum atomic E-state index is 0.443. The fourth-order valence-corrected chi connectivity index (χ4v) is 2.08. The molecule has 0 amide bonds. The molecule has 0 atom stereocenters. The zero-order chi connectivity index (χ0) is 13.3. The van der Waals surface area contributed by atoms with Crippen LogP contribution in [0, 0.1) is 0 Å². The van der Waals surface area contributed by atoms with Gasteiger partial charge in [0.25, 0.3) is 0 Å². The number of rotatable bonds is 1. The van der Waals surface area contributed by atoms with Crippen molar-refractivity contribution in [2.75, 3.05) is 57.3 Å². The smallest absolute Gasteiger partial charge is 0.151 e. The molecule has 0 saturated carbocycles. The van der Waals surface area contributed by atoms with Crippen molar-refractivity contribution >= 4 is 17.4 Å². The molecular weight excluding hydrogens is 264 g/mol. The highest BCUT2D eigenvalue weighted by atomic mass is 35.5. The highest BCUT2D eigenvalue weighted by Crippen LogP contribution is 2.11. The summed E-state index contributed by atoms with van der Waals surface area (Å²) in [6, 6.07) is 3.67. The lowest BCUT2D eigenvalue weighted by Gasteiger charge is -2.27. The number of piperazine rings is 2. The molecule has 0 spiro atoms. The number of hydrogen-bond acceptors (Lipinski definition) is 6. The molecule has 6 nitrogen and oxygen atoms in total. The van der Waals surface area contributed by atoms with Crippen molar-refractivity contribution in [3.8, 4) is 0 Å². The summed E-state index contributed by atoms with van der Waals surface area (Å²) >= 11 is 5.65. The van der Waals surface area contributed by atoms with Crippen LogP contribution in [0.15, 0.2) is 12.1 Å². The molecular formula is C12H21ClN6. The zero-order valence-electron chi connectivity index (χ0n) is 11.0. The minimum absolute atomic E-state index is 0.443. The fraction of sp³-hybridized carbons (Fsp3) is 0.667. The van der Waals surface area contributed by atoms with Crippen LogP contribution in [0.5, 0.6) is 0 Å². The van der Waals surface area contributed by atoms with Crippen LogP contribution in [0.4, 0.5) is 5.82 Å². The maximum atomic E-state index is 5.65. The maximum Gasteiger partial charge on any atom is 0.151 e. The van der Waals surface area contributed by atoms with Gasteiger partial charge in [-0.3, -0.25) is 0 Å². The first-order valence-corrected chi connectivity index (χ1v) is 7.10. The third kappa shape index (κ3) is 5.28. The summed E-state index contributed by atoms with van der Waals surface area (Å²) in [5.41, 5.74) is 0. The molecule has 0 bridgehead atoms. The first-order chi connectivity index (χ1) is 9.36. The van der Waals surface area contributed by atoms with E-state index in [1.807, 2.05) is 6.07 Å². The molecule has 3 heterocycles. The van der Waals surface area contributed by atoms with Crippen LogP contribution < -0.4 is 20.9 Å². The van der Waals surface area contributed by atoms with Crippen LogP contribution in [0.3, 0.4) is 0 Å². The Kier molecular flexibility index (Phi) is 6.29. The lowest BCUT2D eigenvalue weighted by molar-refractivity contribution is 0.534. The molecule has 1 aromatic rings. The van der Waals surface area contributed by atoms with Gasteiger partial charge < -0.3 is 20.9 Å². The maximum absolute atomic E-state index is 5.65. The fourth-order valence-electron chi connectivity index (χ4n) is 1.98. The summed E-state index contributed by atoms with van der Waals surface area (Å²) in [4.78, 5) is 2.19. The number of nitrogens with zero attached hydrogens (tertiary/aromatic N) is 3. The standard InChI is InChI=1S/C8H11ClN4.C4H10N2/c9-7-1-2-8(12-11-7)13-5-3-10-4-6-13;1-2-6-4-3-5-1/h1-2,10H,3-6H2;5-6H,1-4H2. The Bertz CT molecular complexity index is 336. The molecule has 2 fully saturated rings. The van der Waals surface area contributed by atoms with Crippen LogP contribution in [0.1, 0.15) is 0 Å². The SMILES string of the molecule is C1CNCCN1.Clc1ccc(N2CCNCC2)nn1. The molecule has 0 aromatic carbocycles. The highest BCUT2D eigenvalue weighted by Gasteiger charge is 2.11. The lowest BCUT2D eigenvalue weighted by atomic mass is 10.3. The number of hydrogen-bond donors (Lipinski definition) is 3. The summed E-state index contributed by atoms with van der Waals surface area (Å²) in [6.45, 7) is 8.53. The number of aromatic nitrogens is 2. The second-order valence-corrected chi connectivity index (χ2v) is 4.84. The molecule has 0 aliphatic carbocycles. The van der Waals surface area contributed by atoms with E-state index in [1.165, 1.54) is 0 Å². The van der Waals surface area contributed by atoms with E-state index >= 15 is 0 Å². The van der Waals surface area contributed by atoms with Gasteiger partial charge in [0.2, 0.25) is 0 Å². The molecule has 106 valence electrons. The van der Waals surface area contributed by atoms with Crippen molar-refractivity contribution < 1.29 is 0 Å². The topological polar surface area (TPSA) is 65.1 Å². The second kappa shape index (κ2) is 8.27. The quantitative estimate of drug-likeness (QED) is 0.659. The molecule has 2 saturated heterocycles. The Hall–Kier alpha value is -0.950. The Morgan fingerprint density at radius 3 is 1.89 bits per heavy atom. The van der Waals surface area contributed by atoms with Crippen molar-refractivity contribution in [1.82, 2.24) is 26.1 Å². The van der Waals surface area contributed by atoms with E-state index in [-0.39, 0.29) is 0 Å². The van der Waals surface area contributed by atoms with Crippen LogP contribution in [0.2, 0.25) is 5.15 Å². The summed E-state index contributed by atoms with van der Waals surface area (Å²) in [5, 5.41) is 18.0. The third-order valence-corrected chi connectivity index (χ3v) is 3.22. The second-order valence-electron chi connectivity index (χ2n) is 4.45. The molecule has 3 N–H and O–H groups in total. The first-order valence-electron chi connectivity index (χ1n) is 6.72. The van der Waals surface area contributed by atoms with E-state index in [0.717, 1.165) is 58.2 Å². The monoisotopic (exact) mass is 284 g/mol. The van der Waals surface area contributed by atoms with Crippen LogP contribution in [0.25, 0.3) is 0 Å². The molecule has 1 aromatic heterocycles. The van der Waals surface area contributed by atoms with E-state index < -0.39 is 0 Å². The van der Waals surface area contributed by atoms with Gasteiger partial charge in [-0.05, 0) is 12.1 Å². The van der Waals surface area contributed by atoms with Gasteiger partial charge in [0.1, 0.15) is 0 Å². The molecule has 19 heavy (non-hydrogen) atoms. The molecule has 2 aliphatic heterocycles. The van der Waals surface area contributed by atoms with Gasteiger partial charge in [0.15, 0.2) is 11.0 Å². The van der Waals surface area contributed by atoms with E-state index in [2.05, 4.69) is 31.0 Å². The summed E-state index contributed by atoms with van der Waals surface area (Å²) in [5.74, 6) is 0.908. The Morgan fingerprint density at radius 1 is 0.842 bits per heavy atom. The van der Waals surface area contributed by atoms with Crippen molar-refractivity contribution in [1.29, 1.82) is 0 Å². The van der Waals surface area contributed by atoms with E-state index in [1.54, 1.807) is 6.07 Å². The van der Waals surface area contributed by atoms with Crippen molar-refractivity contribution in [2.24, 2.45) is 0 Å². The number of anilines is 1. The Labute approximate surface area is 118 Å². The van der Waals surface area contributed by atoms with Gasteiger partial charge >= 0.3 is 0 Å². The van der Waals surface area contributed by atoms with Crippen LogP contribution >= 0.6 is 11.6 Å². The Balaban J connectivity index is 0.000000186. The summed E-state index contributed by atoms with van der Waals surface area (Å²) in [7, 11) is 0. The normalized spacial score (nSPS) is 19.5. The number of nitrogens with one attached hydrogen (secondary N) is 3. The van der Waals surface area contributed by atoms with Crippen LogP contribution in [-0.2, 0) is 0 Å². The van der Waals surface area contributed by atoms with Gasteiger partial charge in [-0.15, -0.1) is 10.2 Å². The Morgan fingerprint density at radius 2 is 1.42 bits per heavy atom. The van der Waals surface area contributed by atoms with E-state index in [4.69, 9.17) is 11.6 Å². The molecule has 2 aliphatic rings. The van der Waals surface area contributed by atoms with Gasteiger partial charge in [-0.2, -0.15) is 0 Å². The average Bonchev–Trinajstić information content (AvgIpc) is 2.51. The van der Waals surface area contributed by atoms with Crippen molar-refractivity contribution in [2.45, 2.75) is 0 Å². The summed E-state index contributed by atoms with van der Waals surface area (Å²) in [6.07, 6.45) is 0. The van der Waals surface area contributed by atoms with Gasteiger partial charge in [-0.1, -0.05) is 11.6 Å². The third-order valence-electron chi connectivity index (χ3n) is 3.02. The molecule has 3 rings (SSSR count). The van der Waals surface area contributed by atoms with Crippen LogP contribution in [-0.4, -0.2) is 62.6 Å². The first kappa shape index (κ1) is 14.5. The lowest BCUT2D eigenvalue weighted by Crippen LogP contribution is -2.43. The molecule has 0 radical (unpaired) electrons. The average molecular weight is 285 g/mol. The number of halogens is 1. The zero-order valence-corrected chi connectivity index (χ0v) is 11.8. The van der Waals surface area contributed by atoms with E-state index in [9.17, 15) is 0 Å². The van der Waals surface area contributed by atoms with Gasteiger partial charge in [0, 0.05) is 52.4 Å². The largest absolute Gasteiger partial charge is 0.353 e. The minimum Gasteiger partial charge on any atom is -0.353 e. The summed E-state index contributed by atoms with van der Waals surface area (Å²) < 4.78 is 0. The van der Waals surface area contributed by atoms with Crippen molar-refractivity contribution in [3.05, 3.63) is 17.3 Å². The molecule has 0 unspecified atom stereocenters. The predicted molar refractivity (Wildman–Crippen MR) is 77.9 cm³/mol. The van der Waals surface area contributed by atoms with Gasteiger partial charge in [-0.25, -0.2) is 0 Å².